The molecule has 0 aliphatic carbocycles. The highest BCUT2D eigenvalue weighted by atomic mass is 16.3. The molecule has 92 valence electrons. The molecule has 17 heavy (non-hydrogen) atoms. The number of hydrogen-bond donors (Lipinski definition) is 1. The summed E-state index contributed by atoms with van der Waals surface area (Å²) in [6.45, 7) is 3.78. The first-order chi connectivity index (χ1) is 8.26. The van der Waals surface area contributed by atoms with E-state index in [9.17, 15) is 0 Å². The number of hydrogen-bond acceptors (Lipinski definition) is 3. The van der Waals surface area contributed by atoms with Crippen LogP contribution in [-0.2, 0) is 0 Å². The van der Waals surface area contributed by atoms with Crippen molar-refractivity contribution in [2.45, 2.75) is 19.4 Å². The molecule has 2 aromatic rings. The molecule has 0 amide bonds. The van der Waals surface area contributed by atoms with Crippen molar-refractivity contribution in [2.75, 3.05) is 20.1 Å². The van der Waals surface area contributed by atoms with Crippen LogP contribution in [0.4, 0.5) is 0 Å². The SMILES string of the molecule is CCCN(C)C(CN)c1cc2ccccc2o1. The molecule has 0 aliphatic heterocycles. The van der Waals surface area contributed by atoms with Gasteiger partial charge >= 0.3 is 0 Å². The van der Waals surface area contributed by atoms with Gasteiger partial charge in [0.1, 0.15) is 11.3 Å². The Hall–Kier alpha value is -1.32. The molecular weight excluding hydrogens is 212 g/mol. The van der Waals surface area contributed by atoms with Crippen LogP contribution in [0.3, 0.4) is 0 Å². The Bertz CT molecular complexity index is 445. The van der Waals surface area contributed by atoms with Crippen LogP contribution >= 0.6 is 0 Å². The summed E-state index contributed by atoms with van der Waals surface area (Å²) in [4.78, 5) is 2.25. The molecule has 2 N–H and O–H groups in total. The minimum atomic E-state index is 0.169. The number of likely N-dealkylation sites (N-methyl/N-ethyl adjacent to an activating group) is 1. The van der Waals surface area contributed by atoms with Crippen LogP contribution in [0.15, 0.2) is 34.7 Å². The van der Waals surface area contributed by atoms with E-state index in [1.807, 2.05) is 18.2 Å². The van der Waals surface area contributed by atoms with E-state index in [4.69, 9.17) is 10.2 Å². The maximum absolute atomic E-state index is 5.87. The van der Waals surface area contributed by atoms with Gasteiger partial charge in [-0.1, -0.05) is 25.1 Å². The third kappa shape index (κ3) is 2.51. The third-order valence-electron chi connectivity index (χ3n) is 3.10. The van der Waals surface area contributed by atoms with Crippen molar-refractivity contribution in [2.24, 2.45) is 5.73 Å². The van der Waals surface area contributed by atoms with Gasteiger partial charge < -0.3 is 10.2 Å². The summed E-state index contributed by atoms with van der Waals surface area (Å²) in [6, 6.07) is 10.3. The lowest BCUT2D eigenvalue weighted by molar-refractivity contribution is 0.224. The highest BCUT2D eigenvalue weighted by Gasteiger charge is 2.18. The van der Waals surface area contributed by atoms with Crippen molar-refractivity contribution in [3.63, 3.8) is 0 Å². The lowest BCUT2D eigenvalue weighted by atomic mass is 10.1. The van der Waals surface area contributed by atoms with Crippen molar-refractivity contribution in [1.82, 2.24) is 4.90 Å². The summed E-state index contributed by atoms with van der Waals surface area (Å²) in [7, 11) is 2.09. The molecule has 0 aliphatic rings. The van der Waals surface area contributed by atoms with E-state index >= 15 is 0 Å². The molecule has 2 rings (SSSR count). The normalized spacial score (nSPS) is 13.4. The Kier molecular flexibility index (Phi) is 3.82. The molecule has 3 nitrogen and oxygen atoms in total. The summed E-state index contributed by atoms with van der Waals surface area (Å²) in [5, 5.41) is 1.14. The van der Waals surface area contributed by atoms with Crippen LogP contribution < -0.4 is 5.73 Å². The van der Waals surface area contributed by atoms with Crippen molar-refractivity contribution in [3.8, 4) is 0 Å². The average Bonchev–Trinajstić information content (AvgIpc) is 2.73. The zero-order valence-electron chi connectivity index (χ0n) is 10.5. The van der Waals surface area contributed by atoms with Crippen LogP contribution in [0.2, 0.25) is 0 Å². The van der Waals surface area contributed by atoms with Gasteiger partial charge in [0.2, 0.25) is 0 Å². The van der Waals surface area contributed by atoms with Crippen LogP contribution in [0.1, 0.15) is 25.1 Å². The van der Waals surface area contributed by atoms with E-state index in [2.05, 4.69) is 31.0 Å². The number of rotatable bonds is 5. The van der Waals surface area contributed by atoms with Crippen LogP contribution in [0, 0.1) is 0 Å². The molecule has 1 heterocycles. The smallest absolute Gasteiger partial charge is 0.134 e. The minimum Gasteiger partial charge on any atom is -0.459 e. The highest BCUT2D eigenvalue weighted by molar-refractivity contribution is 5.77. The second-order valence-electron chi connectivity index (χ2n) is 4.42. The fourth-order valence-electron chi connectivity index (χ4n) is 2.19. The quantitative estimate of drug-likeness (QED) is 0.862. The summed E-state index contributed by atoms with van der Waals surface area (Å²) < 4.78 is 5.87. The molecule has 1 unspecified atom stereocenters. The fraction of sp³-hybridized carbons (Fsp3) is 0.429. The zero-order chi connectivity index (χ0) is 12.3. The topological polar surface area (TPSA) is 42.4 Å². The monoisotopic (exact) mass is 232 g/mol. The van der Waals surface area contributed by atoms with Gasteiger partial charge in [0.05, 0.1) is 6.04 Å². The molecule has 0 fully saturated rings. The molecule has 0 saturated carbocycles. The number of furan rings is 1. The van der Waals surface area contributed by atoms with Gasteiger partial charge in [0.15, 0.2) is 0 Å². The molecule has 0 bridgehead atoms. The standard InChI is InChI=1S/C14H20N2O/c1-3-8-16(2)12(10-15)14-9-11-6-4-5-7-13(11)17-14/h4-7,9,12H,3,8,10,15H2,1-2H3. The second kappa shape index (κ2) is 5.34. The maximum atomic E-state index is 5.87. The molecule has 0 radical (unpaired) electrons. The molecule has 1 atom stereocenters. The lowest BCUT2D eigenvalue weighted by Gasteiger charge is -2.24. The van der Waals surface area contributed by atoms with Crippen LogP contribution in [-0.4, -0.2) is 25.0 Å². The number of nitrogens with zero attached hydrogens (tertiary/aromatic N) is 1. The first-order valence-electron chi connectivity index (χ1n) is 6.15. The summed E-state index contributed by atoms with van der Waals surface area (Å²) in [5.74, 6) is 0.963. The van der Waals surface area contributed by atoms with Crippen molar-refractivity contribution < 1.29 is 4.42 Å². The van der Waals surface area contributed by atoms with Gasteiger partial charge in [-0.25, -0.2) is 0 Å². The van der Waals surface area contributed by atoms with Crippen LogP contribution in [0.25, 0.3) is 11.0 Å². The Morgan fingerprint density at radius 1 is 1.35 bits per heavy atom. The van der Waals surface area contributed by atoms with E-state index < -0.39 is 0 Å². The predicted molar refractivity (Wildman–Crippen MR) is 70.9 cm³/mol. The van der Waals surface area contributed by atoms with Gasteiger partial charge in [0, 0.05) is 11.9 Å². The van der Waals surface area contributed by atoms with Gasteiger partial charge in [-0.2, -0.15) is 0 Å². The maximum Gasteiger partial charge on any atom is 0.134 e. The second-order valence-corrected chi connectivity index (χ2v) is 4.42. The Balaban J connectivity index is 2.29. The van der Waals surface area contributed by atoms with Crippen molar-refractivity contribution >= 4 is 11.0 Å². The number of benzene rings is 1. The Morgan fingerprint density at radius 3 is 2.76 bits per heavy atom. The summed E-state index contributed by atoms with van der Waals surface area (Å²) in [5.41, 5.74) is 6.79. The van der Waals surface area contributed by atoms with Crippen molar-refractivity contribution in [3.05, 3.63) is 36.1 Å². The van der Waals surface area contributed by atoms with E-state index in [1.165, 1.54) is 0 Å². The Morgan fingerprint density at radius 2 is 2.12 bits per heavy atom. The van der Waals surface area contributed by atoms with Crippen molar-refractivity contribution in [1.29, 1.82) is 0 Å². The third-order valence-corrected chi connectivity index (χ3v) is 3.10. The Labute approximate surface area is 102 Å². The molecule has 0 spiro atoms. The highest BCUT2D eigenvalue weighted by Crippen LogP contribution is 2.26. The largest absolute Gasteiger partial charge is 0.459 e. The number of fused-ring (bicyclic) bond motifs is 1. The number of para-hydroxylation sites is 1. The average molecular weight is 232 g/mol. The molecule has 0 saturated heterocycles. The summed E-state index contributed by atoms with van der Waals surface area (Å²) in [6.07, 6.45) is 1.12. The molecular formula is C14H20N2O. The van der Waals surface area contributed by atoms with Gasteiger partial charge in [-0.3, -0.25) is 4.90 Å². The summed E-state index contributed by atoms with van der Waals surface area (Å²) >= 11 is 0. The van der Waals surface area contributed by atoms with Gasteiger partial charge in [-0.15, -0.1) is 0 Å². The van der Waals surface area contributed by atoms with E-state index in [0.29, 0.717) is 6.54 Å². The van der Waals surface area contributed by atoms with E-state index in [0.717, 1.165) is 29.7 Å². The predicted octanol–water partition coefficient (Wildman–Crippen LogP) is 2.77. The van der Waals surface area contributed by atoms with E-state index in [1.54, 1.807) is 0 Å². The molecule has 3 heteroatoms. The van der Waals surface area contributed by atoms with Gasteiger partial charge in [-0.05, 0) is 32.1 Å². The molecule has 1 aromatic carbocycles. The van der Waals surface area contributed by atoms with Crippen LogP contribution in [0.5, 0.6) is 0 Å². The van der Waals surface area contributed by atoms with Gasteiger partial charge in [0.25, 0.3) is 0 Å². The molecule has 1 aromatic heterocycles. The first kappa shape index (κ1) is 12.1. The number of nitrogens with two attached hydrogens (primary N) is 1. The zero-order valence-corrected chi connectivity index (χ0v) is 10.5. The minimum absolute atomic E-state index is 0.169. The fourth-order valence-corrected chi connectivity index (χ4v) is 2.19. The van der Waals surface area contributed by atoms with E-state index in [-0.39, 0.29) is 6.04 Å². The first-order valence-corrected chi connectivity index (χ1v) is 6.15. The lowest BCUT2D eigenvalue weighted by Crippen LogP contribution is -2.30.